The zero-order valence-corrected chi connectivity index (χ0v) is 22.0. The van der Waals surface area contributed by atoms with E-state index in [-0.39, 0.29) is 0 Å². The zero-order chi connectivity index (χ0) is 25.6. The number of nitrogens with two attached hydrogens (primary N) is 1. The number of benzene rings is 2. The highest BCUT2D eigenvalue weighted by Gasteiger charge is 2.20. The van der Waals surface area contributed by atoms with Crippen LogP contribution in [0.1, 0.15) is 19.4 Å². The van der Waals surface area contributed by atoms with Gasteiger partial charge in [0.05, 0.1) is 5.69 Å². The number of hydrogen-bond donors (Lipinski definition) is 1. The third kappa shape index (κ3) is 5.80. The van der Waals surface area contributed by atoms with Crippen molar-refractivity contribution >= 4 is 17.0 Å². The molecule has 0 saturated carbocycles. The average Bonchev–Trinajstić information content (AvgIpc) is 2.97. The fourth-order valence-electron chi connectivity index (χ4n) is 4.96. The fraction of sp³-hybridized carbons (Fsp3) is 0.367. The van der Waals surface area contributed by atoms with Crippen molar-refractivity contribution in [2.24, 2.45) is 5.73 Å². The fourth-order valence-corrected chi connectivity index (χ4v) is 4.96. The minimum absolute atomic E-state index is 0.524. The van der Waals surface area contributed by atoms with Crippen LogP contribution in [0.4, 0.5) is 5.95 Å². The number of rotatable bonds is 9. The van der Waals surface area contributed by atoms with Crippen LogP contribution in [0.5, 0.6) is 0 Å². The second-order valence-electron chi connectivity index (χ2n) is 9.59. The minimum atomic E-state index is 0.524. The van der Waals surface area contributed by atoms with Crippen molar-refractivity contribution in [2.45, 2.75) is 20.4 Å². The zero-order valence-electron chi connectivity index (χ0n) is 22.0. The van der Waals surface area contributed by atoms with Gasteiger partial charge in [-0.25, -0.2) is 9.97 Å². The highest BCUT2D eigenvalue weighted by molar-refractivity contribution is 5.90. The van der Waals surface area contributed by atoms with E-state index in [1.807, 2.05) is 12.3 Å². The third-order valence-corrected chi connectivity index (χ3v) is 7.39. The molecule has 0 amide bonds. The molecule has 0 radical (unpaired) electrons. The van der Waals surface area contributed by atoms with Gasteiger partial charge in [-0.3, -0.25) is 4.90 Å². The Morgan fingerprint density at radius 2 is 1.59 bits per heavy atom. The number of fused-ring (bicyclic) bond motifs is 1. The summed E-state index contributed by atoms with van der Waals surface area (Å²) in [5.74, 6) is 0.764. The highest BCUT2D eigenvalue weighted by Crippen LogP contribution is 2.33. The first kappa shape index (κ1) is 25.3. The van der Waals surface area contributed by atoms with Crippen LogP contribution in [0.2, 0.25) is 0 Å². The van der Waals surface area contributed by atoms with Crippen LogP contribution < -0.4 is 10.6 Å². The number of likely N-dealkylation sites (N-methyl/N-ethyl adjacent to an activating group) is 1. The maximum absolute atomic E-state index is 5.83. The molecule has 1 aliphatic heterocycles. The molecule has 1 fully saturated rings. The quantitative estimate of drug-likeness (QED) is 0.371. The topological polar surface area (TPSA) is 74.4 Å². The number of aromatic nitrogens is 3. The normalized spacial score (nSPS) is 14.5. The maximum atomic E-state index is 5.83. The van der Waals surface area contributed by atoms with E-state index in [1.54, 1.807) is 0 Å². The molecule has 0 unspecified atom stereocenters. The summed E-state index contributed by atoms with van der Waals surface area (Å²) in [6, 6.07) is 20.9. The number of piperazine rings is 1. The summed E-state index contributed by atoms with van der Waals surface area (Å²) in [5, 5.41) is 0.947. The van der Waals surface area contributed by atoms with Crippen LogP contribution in [0.3, 0.4) is 0 Å². The summed E-state index contributed by atoms with van der Waals surface area (Å²) >= 11 is 0. The van der Waals surface area contributed by atoms with Gasteiger partial charge in [-0.2, -0.15) is 4.98 Å². The average molecular weight is 496 g/mol. The lowest BCUT2D eigenvalue weighted by Crippen LogP contribution is -2.49. The highest BCUT2D eigenvalue weighted by atomic mass is 15.3. The summed E-state index contributed by atoms with van der Waals surface area (Å²) < 4.78 is 0. The van der Waals surface area contributed by atoms with Gasteiger partial charge in [0.2, 0.25) is 5.95 Å². The van der Waals surface area contributed by atoms with Crippen LogP contribution >= 0.6 is 0 Å². The molecule has 0 aliphatic carbocycles. The summed E-state index contributed by atoms with van der Waals surface area (Å²) in [7, 11) is 0. The van der Waals surface area contributed by atoms with Gasteiger partial charge in [0.15, 0.2) is 5.65 Å². The summed E-state index contributed by atoms with van der Waals surface area (Å²) in [6.07, 6.45) is 1.92. The van der Waals surface area contributed by atoms with Gasteiger partial charge < -0.3 is 15.5 Å². The lowest BCUT2D eigenvalue weighted by Gasteiger charge is -2.35. The van der Waals surface area contributed by atoms with E-state index in [0.717, 1.165) is 97.3 Å². The molecule has 2 aromatic heterocycles. The smallest absolute Gasteiger partial charge is 0.227 e. The number of pyridine rings is 1. The lowest BCUT2D eigenvalue weighted by molar-refractivity contribution is 0.205. The van der Waals surface area contributed by atoms with Crippen LogP contribution in [-0.4, -0.2) is 77.1 Å². The molecule has 37 heavy (non-hydrogen) atoms. The predicted molar refractivity (Wildman–Crippen MR) is 153 cm³/mol. The molecule has 0 atom stereocenters. The van der Waals surface area contributed by atoms with Crippen molar-refractivity contribution in [1.82, 2.24) is 24.8 Å². The van der Waals surface area contributed by atoms with E-state index < -0.39 is 0 Å². The van der Waals surface area contributed by atoms with Crippen LogP contribution in [0, 0.1) is 0 Å². The molecule has 2 N–H and O–H groups in total. The molecule has 7 heteroatoms. The molecule has 0 bridgehead atoms. The molecule has 3 heterocycles. The van der Waals surface area contributed by atoms with E-state index in [1.165, 1.54) is 0 Å². The molecule has 1 aliphatic rings. The first-order valence-corrected chi connectivity index (χ1v) is 13.4. The Balaban J connectivity index is 1.41. The van der Waals surface area contributed by atoms with Gasteiger partial charge in [0.25, 0.3) is 0 Å². The van der Waals surface area contributed by atoms with Gasteiger partial charge in [0, 0.05) is 68.5 Å². The molecule has 2 aromatic carbocycles. The molecule has 5 rings (SSSR count). The second-order valence-corrected chi connectivity index (χ2v) is 9.59. The minimum Gasteiger partial charge on any atom is -0.338 e. The van der Waals surface area contributed by atoms with E-state index in [0.29, 0.717) is 6.54 Å². The van der Waals surface area contributed by atoms with Crippen molar-refractivity contribution in [3.8, 4) is 22.4 Å². The first-order chi connectivity index (χ1) is 18.2. The monoisotopic (exact) mass is 495 g/mol. The number of nitrogens with zero attached hydrogens (tertiary/aromatic N) is 6. The Kier molecular flexibility index (Phi) is 8.04. The standard InChI is InChI=1S/C30H37N7/c1-3-35(4-2)14-15-36-16-18-37(19-17-36)30-32-22-26-20-27(24-8-6-5-7-9-24)28(33-29(26)34-30)25-12-10-23(21-31)11-13-25/h5-13,20,22H,3-4,14-19,21,31H2,1-2H3. The number of hydrogen-bond acceptors (Lipinski definition) is 7. The maximum Gasteiger partial charge on any atom is 0.227 e. The molecular formula is C30H37N7. The van der Waals surface area contributed by atoms with E-state index in [9.17, 15) is 0 Å². The Hall–Kier alpha value is -3.39. The number of anilines is 1. The molecule has 7 nitrogen and oxygen atoms in total. The van der Waals surface area contributed by atoms with Crippen molar-refractivity contribution in [3.63, 3.8) is 0 Å². The SMILES string of the molecule is CCN(CC)CCN1CCN(c2ncc3cc(-c4ccccc4)c(-c4ccc(CN)cc4)nc3n2)CC1. The molecule has 0 spiro atoms. The Morgan fingerprint density at radius 3 is 2.27 bits per heavy atom. The summed E-state index contributed by atoms with van der Waals surface area (Å²) in [5.41, 5.74) is 11.8. The Labute approximate surface area is 220 Å². The van der Waals surface area contributed by atoms with Gasteiger partial charge in [-0.15, -0.1) is 0 Å². The largest absolute Gasteiger partial charge is 0.338 e. The lowest BCUT2D eigenvalue weighted by atomic mass is 9.98. The first-order valence-electron chi connectivity index (χ1n) is 13.4. The van der Waals surface area contributed by atoms with Crippen molar-refractivity contribution in [2.75, 3.05) is 57.3 Å². The van der Waals surface area contributed by atoms with Crippen molar-refractivity contribution in [1.29, 1.82) is 0 Å². The summed E-state index contributed by atoms with van der Waals surface area (Å²) in [4.78, 5) is 22.1. The van der Waals surface area contributed by atoms with E-state index in [4.69, 9.17) is 20.7 Å². The van der Waals surface area contributed by atoms with Crippen LogP contribution in [0.25, 0.3) is 33.4 Å². The van der Waals surface area contributed by atoms with Gasteiger partial charge >= 0.3 is 0 Å². The second kappa shape index (κ2) is 11.8. The van der Waals surface area contributed by atoms with Crippen molar-refractivity contribution in [3.05, 3.63) is 72.4 Å². The Bertz CT molecular complexity index is 1300. The molecule has 1 saturated heterocycles. The molecule has 4 aromatic rings. The molecule has 192 valence electrons. The van der Waals surface area contributed by atoms with Crippen LogP contribution in [0.15, 0.2) is 66.9 Å². The molecular weight excluding hydrogens is 458 g/mol. The van der Waals surface area contributed by atoms with E-state index in [2.05, 4.69) is 83.1 Å². The third-order valence-electron chi connectivity index (χ3n) is 7.39. The van der Waals surface area contributed by atoms with Gasteiger partial charge in [-0.1, -0.05) is 68.4 Å². The summed E-state index contributed by atoms with van der Waals surface area (Å²) in [6.45, 7) is 13.4. The van der Waals surface area contributed by atoms with Crippen LogP contribution in [-0.2, 0) is 6.54 Å². The predicted octanol–water partition coefficient (Wildman–Crippen LogP) is 4.28. The van der Waals surface area contributed by atoms with Crippen molar-refractivity contribution < 1.29 is 0 Å². The van der Waals surface area contributed by atoms with Gasteiger partial charge in [0.1, 0.15) is 0 Å². The van der Waals surface area contributed by atoms with Gasteiger partial charge in [-0.05, 0) is 30.3 Å². The van der Waals surface area contributed by atoms with E-state index >= 15 is 0 Å². The Morgan fingerprint density at radius 1 is 0.865 bits per heavy atom.